The van der Waals surface area contributed by atoms with Crippen molar-refractivity contribution in [2.75, 3.05) is 39.5 Å². The molecule has 0 fully saturated rings. The van der Waals surface area contributed by atoms with Gasteiger partial charge in [-0.25, -0.2) is 4.79 Å². The van der Waals surface area contributed by atoms with Gasteiger partial charge in [0.05, 0.1) is 7.11 Å². The van der Waals surface area contributed by atoms with E-state index in [1.165, 1.54) is 12.0 Å². The average Bonchev–Trinajstić information content (AvgIpc) is 2.54. The summed E-state index contributed by atoms with van der Waals surface area (Å²) >= 11 is 1.69. The molecule has 1 rings (SSSR count). The van der Waals surface area contributed by atoms with Crippen LogP contribution in [0.25, 0.3) is 0 Å². The number of likely N-dealkylation sites (N-methyl/N-ethyl adjacent to an activating group) is 1. The van der Waals surface area contributed by atoms with Gasteiger partial charge in [0.1, 0.15) is 6.04 Å². The largest absolute Gasteiger partial charge is 0.468 e. The second kappa shape index (κ2) is 9.82. The average molecular weight is 310 g/mol. The summed E-state index contributed by atoms with van der Waals surface area (Å²) in [5, 5.41) is 3.30. The SMILES string of the molecule is CCN(CC)CCNC(C(=O)OC)c1ccc(SC)cc1. The molecule has 1 N–H and O–H groups in total. The summed E-state index contributed by atoms with van der Waals surface area (Å²) < 4.78 is 4.91. The van der Waals surface area contributed by atoms with Gasteiger partial charge in [0, 0.05) is 18.0 Å². The first kappa shape index (κ1) is 18.0. The third-order valence-electron chi connectivity index (χ3n) is 3.56. The highest BCUT2D eigenvalue weighted by Crippen LogP contribution is 2.20. The molecule has 0 radical (unpaired) electrons. The molecule has 5 heteroatoms. The molecule has 0 aliphatic carbocycles. The Morgan fingerprint density at radius 3 is 2.38 bits per heavy atom. The van der Waals surface area contributed by atoms with E-state index in [1.54, 1.807) is 11.8 Å². The molecule has 0 bridgehead atoms. The van der Waals surface area contributed by atoms with Gasteiger partial charge in [-0.1, -0.05) is 26.0 Å². The first-order valence-corrected chi connectivity index (χ1v) is 8.56. The number of carbonyl (C=O) groups is 1. The number of hydrogen-bond acceptors (Lipinski definition) is 5. The van der Waals surface area contributed by atoms with E-state index < -0.39 is 6.04 Å². The van der Waals surface area contributed by atoms with Crippen LogP contribution in [0.5, 0.6) is 0 Å². The normalized spacial score (nSPS) is 12.4. The van der Waals surface area contributed by atoms with Gasteiger partial charge in [-0.05, 0) is 37.0 Å². The molecule has 1 atom stereocenters. The number of carbonyl (C=O) groups excluding carboxylic acids is 1. The van der Waals surface area contributed by atoms with Crippen LogP contribution in [0.15, 0.2) is 29.2 Å². The van der Waals surface area contributed by atoms with Gasteiger partial charge in [0.15, 0.2) is 0 Å². The third-order valence-corrected chi connectivity index (χ3v) is 4.30. The minimum absolute atomic E-state index is 0.244. The molecule has 21 heavy (non-hydrogen) atoms. The molecular formula is C16H26N2O2S. The van der Waals surface area contributed by atoms with Crippen molar-refractivity contribution in [3.05, 3.63) is 29.8 Å². The van der Waals surface area contributed by atoms with Crippen LogP contribution < -0.4 is 5.32 Å². The summed E-state index contributed by atoms with van der Waals surface area (Å²) in [4.78, 5) is 15.5. The van der Waals surface area contributed by atoms with Crippen LogP contribution in [0, 0.1) is 0 Å². The van der Waals surface area contributed by atoms with Crippen LogP contribution in [0.4, 0.5) is 0 Å². The van der Waals surface area contributed by atoms with E-state index in [1.807, 2.05) is 30.5 Å². The van der Waals surface area contributed by atoms with Crippen LogP contribution in [0.1, 0.15) is 25.5 Å². The lowest BCUT2D eigenvalue weighted by Gasteiger charge is -2.21. The summed E-state index contributed by atoms with van der Waals surface area (Å²) in [6.07, 6.45) is 2.04. The topological polar surface area (TPSA) is 41.6 Å². The monoisotopic (exact) mass is 310 g/mol. The highest BCUT2D eigenvalue weighted by molar-refractivity contribution is 7.98. The maximum absolute atomic E-state index is 12.0. The van der Waals surface area contributed by atoms with Crippen LogP contribution in [0.2, 0.25) is 0 Å². The van der Waals surface area contributed by atoms with Crippen molar-refractivity contribution in [1.82, 2.24) is 10.2 Å². The number of nitrogens with zero attached hydrogens (tertiary/aromatic N) is 1. The number of methoxy groups -OCH3 is 1. The fraction of sp³-hybridized carbons (Fsp3) is 0.562. The molecule has 1 unspecified atom stereocenters. The van der Waals surface area contributed by atoms with Crippen molar-refractivity contribution < 1.29 is 9.53 Å². The fourth-order valence-electron chi connectivity index (χ4n) is 2.16. The fourth-order valence-corrected chi connectivity index (χ4v) is 2.57. The Morgan fingerprint density at radius 2 is 1.90 bits per heavy atom. The number of benzene rings is 1. The van der Waals surface area contributed by atoms with E-state index in [0.717, 1.165) is 31.7 Å². The lowest BCUT2D eigenvalue weighted by atomic mass is 10.1. The van der Waals surface area contributed by atoms with Gasteiger partial charge in [-0.2, -0.15) is 0 Å². The highest BCUT2D eigenvalue weighted by atomic mass is 32.2. The minimum atomic E-state index is -0.401. The van der Waals surface area contributed by atoms with E-state index in [0.29, 0.717) is 0 Å². The molecule has 0 aliphatic heterocycles. The van der Waals surface area contributed by atoms with Crippen LogP contribution in [0.3, 0.4) is 0 Å². The predicted octanol–water partition coefficient (Wildman–Crippen LogP) is 2.55. The second-order valence-electron chi connectivity index (χ2n) is 4.71. The Kier molecular flexibility index (Phi) is 8.42. The zero-order valence-electron chi connectivity index (χ0n) is 13.4. The van der Waals surface area contributed by atoms with E-state index in [-0.39, 0.29) is 5.97 Å². The quantitative estimate of drug-likeness (QED) is 0.561. The predicted molar refractivity (Wildman–Crippen MR) is 88.8 cm³/mol. The molecule has 4 nitrogen and oxygen atoms in total. The summed E-state index contributed by atoms with van der Waals surface area (Å²) in [6.45, 7) is 7.99. The summed E-state index contributed by atoms with van der Waals surface area (Å²) in [5.74, 6) is -0.244. The molecule has 0 spiro atoms. The number of ether oxygens (including phenoxy) is 1. The van der Waals surface area contributed by atoms with E-state index >= 15 is 0 Å². The molecule has 118 valence electrons. The van der Waals surface area contributed by atoms with Gasteiger partial charge >= 0.3 is 5.97 Å². The smallest absolute Gasteiger partial charge is 0.327 e. The summed E-state index contributed by atoms with van der Waals surface area (Å²) in [5.41, 5.74) is 0.944. The number of nitrogens with one attached hydrogen (secondary N) is 1. The van der Waals surface area contributed by atoms with Crippen molar-refractivity contribution in [1.29, 1.82) is 0 Å². The van der Waals surface area contributed by atoms with Crippen LogP contribution in [-0.2, 0) is 9.53 Å². The maximum atomic E-state index is 12.0. The molecule has 0 saturated heterocycles. The molecule has 0 amide bonds. The molecule has 0 saturated carbocycles. The third kappa shape index (κ3) is 5.69. The zero-order chi connectivity index (χ0) is 15.7. The van der Waals surface area contributed by atoms with E-state index in [4.69, 9.17) is 4.74 Å². The van der Waals surface area contributed by atoms with Crippen LogP contribution >= 0.6 is 11.8 Å². The van der Waals surface area contributed by atoms with Crippen molar-refractivity contribution in [3.8, 4) is 0 Å². The van der Waals surface area contributed by atoms with Crippen LogP contribution in [-0.4, -0.2) is 50.4 Å². The Labute approximate surface area is 132 Å². The van der Waals surface area contributed by atoms with Gasteiger partial charge in [0.25, 0.3) is 0 Å². The second-order valence-corrected chi connectivity index (χ2v) is 5.59. The first-order chi connectivity index (χ1) is 10.2. The van der Waals surface area contributed by atoms with Gasteiger partial charge in [0.2, 0.25) is 0 Å². The Hall–Kier alpha value is -1.04. The van der Waals surface area contributed by atoms with Crippen molar-refractivity contribution in [2.24, 2.45) is 0 Å². The standard InChI is InChI=1S/C16H26N2O2S/c1-5-18(6-2)12-11-17-15(16(19)20-3)13-7-9-14(21-4)10-8-13/h7-10,15,17H,5-6,11-12H2,1-4H3. The minimum Gasteiger partial charge on any atom is -0.468 e. The molecular weight excluding hydrogens is 284 g/mol. The van der Waals surface area contributed by atoms with E-state index in [9.17, 15) is 4.79 Å². The van der Waals surface area contributed by atoms with E-state index in [2.05, 4.69) is 24.1 Å². The Balaban J connectivity index is 2.69. The van der Waals surface area contributed by atoms with Crippen molar-refractivity contribution >= 4 is 17.7 Å². The number of thioether (sulfide) groups is 1. The summed E-state index contributed by atoms with van der Waals surface area (Å²) in [6, 6.07) is 7.63. The molecule has 0 aliphatic rings. The number of esters is 1. The highest BCUT2D eigenvalue weighted by Gasteiger charge is 2.20. The molecule has 0 aromatic heterocycles. The van der Waals surface area contributed by atoms with Gasteiger partial charge in [-0.3, -0.25) is 5.32 Å². The lowest BCUT2D eigenvalue weighted by Crippen LogP contribution is -2.36. The number of hydrogen-bond donors (Lipinski definition) is 1. The Morgan fingerprint density at radius 1 is 1.29 bits per heavy atom. The summed E-state index contributed by atoms with van der Waals surface area (Å²) in [7, 11) is 1.43. The molecule has 0 heterocycles. The van der Waals surface area contributed by atoms with Gasteiger partial charge in [-0.15, -0.1) is 11.8 Å². The molecule has 1 aromatic rings. The van der Waals surface area contributed by atoms with Crippen molar-refractivity contribution in [3.63, 3.8) is 0 Å². The first-order valence-electron chi connectivity index (χ1n) is 7.33. The molecule has 1 aromatic carbocycles. The number of rotatable bonds is 9. The van der Waals surface area contributed by atoms with Gasteiger partial charge < -0.3 is 9.64 Å². The Bertz CT molecular complexity index is 419. The zero-order valence-corrected chi connectivity index (χ0v) is 14.2. The maximum Gasteiger partial charge on any atom is 0.327 e. The van der Waals surface area contributed by atoms with Crippen molar-refractivity contribution in [2.45, 2.75) is 24.8 Å². The lowest BCUT2D eigenvalue weighted by molar-refractivity contribution is -0.143.